The molecule has 1 aromatic carbocycles. The molecule has 1 saturated heterocycles. The molecular formula is C10H13NOS. The van der Waals surface area contributed by atoms with E-state index in [1.54, 1.807) is 11.9 Å². The van der Waals surface area contributed by atoms with E-state index in [-0.39, 0.29) is 5.72 Å². The SMILES string of the molecule is Cc1ccc(SN2OC2(C)C)cc1. The van der Waals surface area contributed by atoms with E-state index < -0.39 is 0 Å². The molecule has 13 heavy (non-hydrogen) atoms. The van der Waals surface area contributed by atoms with Crippen molar-refractivity contribution in [2.75, 3.05) is 0 Å². The molecule has 0 aromatic heterocycles. The minimum Gasteiger partial charge on any atom is -0.260 e. The van der Waals surface area contributed by atoms with Crippen LogP contribution in [-0.4, -0.2) is 10.2 Å². The van der Waals surface area contributed by atoms with Gasteiger partial charge < -0.3 is 0 Å². The summed E-state index contributed by atoms with van der Waals surface area (Å²) in [7, 11) is 0. The molecule has 1 aliphatic heterocycles. The Morgan fingerprint density at radius 3 is 2.23 bits per heavy atom. The van der Waals surface area contributed by atoms with Crippen molar-refractivity contribution in [2.24, 2.45) is 0 Å². The minimum atomic E-state index is -0.0877. The quantitative estimate of drug-likeness (QED) is 0.533. The largest absolute Gasteiger partial charge is 0.260 e. The van der Waals surface area contributed by atoms with E-state index in [4.69, 9.17) is 4.84 Å². The highest BCUT2D eigenvalue weighted by atomic mass is 32.2. The third-order valence-corrected chi connectivity index (χ3v) is 3.09. The maximum absolute atomic E-state index is 5.33. The number of aryl methyl sites for hydroxylation is 1. The second-order valence-electron chi connectivity index (χ2n) is 3.70. The van der Waals surface area contributed by atoms with E-state index in [0.29, 0.717) is 0 Å². The van der Waals surface area contributed by atoms with Gasteiger partial charge in [0.05, 0.1) is 0 Å². The fraction of sp³-hybridized carbons (Fsp3) is 0.400. The molecule has 0 aliphatic carbocycles. The van der Waals surface area contributed by atoms with Gasteiger partial charge in [0.25, 0.3) is 0 Å². The van der Waals surface area contributed by atoms with Crippen LogP contribution in [0.15, 0.2) is 29.2 Å². The highest BCUT2D eigenvalue weighted by Gasteiger charge is 2.47. The lowest BCUT2D eigenvalue weighted by molar-refractivity contribution is 0.277. The molecule has 1 heterocycles. The van der Waals surface area contributed by atoms with Gasteiger partial charge in [-0.05, 0) is 44.9 Å². The summed E-state index contributed by atoms with van der Waals surface area (Å²) < 4.78 is 1.90. The van der Waals surface area contributed by atoms with Crippen LogP contribution in [0.3, 0.4) is 0 Å². The topological polar surface area (TPSA) is 15.5 Å². The molecule has 0 radical (unpaired) electrons. The molecule has 0 N–H and O–H groups in total. The highest BCUT2D eigenvalue weighted by Crippen LogP contribution is 2.43. The molecular weight excluding hydrogens is 182 g/mol. The van der Waals surface area contributed by atoms with E-state index >= 15 is 0 Å². The standard InChI is InChI=1S/C10H13NOS/c1-8-4-6-9(7-5-8)13-11-10(2,3)12-11/h4-7H,1-3H3. The highest BCUT2D eigenvalue weighted by molar-refractivity contribution is 7.97. The summed E-state index contributed by atoms with van der Waals surface area (Å²) in [6.07, 6.45) is 0. The van der Waals surface area contributed by atoms with E-state index in [0.717, 1.165) is 0 Å². The van der Waals surface area contributed by atoms with Crippen LogP contribution in [0.1, 0.15) is 19.4 Å². The van der Waals surface area contributed by atoms with Gasteiger partial charge >= 0.3 is 0 Å². The summed E-state index contributed by atoms with van der Waals surface area (Å²) in [4.78, 5) is 6.55. The van der Waals surface area contributed by atoms with Crippen molar-refractivity contribution in [1.29, 1.82) is 0 Å². The maximum atomic E-state index is 5.33. The van der Waals surface area contributed by atoms with E-state index in [2.05, 4.69) is 31.2 Å². The van der Waals surface area contributed by atoms with Crippen molar-refractivity contribution in [1.82, 2.24) is 4.47 Å². The first-order chi connectivity index (χ1) is 6.08. The Kier molecular flexibility index (Phi) is 2.10. The first-order valence-electron chi connectivity index (χ1n) is 4.32. The third-order valence-electron chi connectivity index (χ3n) is 1.92. The summed E-state index contributed by atoms with van der Waals surface area (Å²) in [5, 5.41) is 0. The Labute approximate surface area is 83.0 Å². The van der Waals surface area contributed by atoms with Crippen molar-refractivity contribution < 1.29 is 4.84 Å². The van der Waals surface area contributed by atoms with E-state index in [1.807, 2.05) is 18.3 Å². The second-order valence-corrected chi connectivity index (χ2v) is 4.69. The number of hydrogen-bond acceptors (Lipinski definition) is 3. The maximum Gasteiger partial charge on any atom is 0.171 e. The van der Waals surface area contributed by atoms with Gasteiger partial charge in [-0.25, -0.2) is 0 Å². The molecule has 2 rings (SSSR count). The Morgan fingerprint density at radius 2 is 1.77 bits per heavy atom. The summed E-state index contributed by atoms with van der Waals surface area (Å²) >= 11 is 1.64. The van der Waals surface area contributed by atoms with Gasteiger partial charge in [-0.3, -0.25) is 4.84 Å². The van der Waals surface area contributed by atoms with Crippen molar-refractivity contribution in [3.8, 4) is 0 Å². The van der Waals surface area contributed by atoms with Crippen molar-refractivity contribution in [2.45, 2.75) is 31.4 Å². The molecule has 1 fully saturated rings. The van der Waals surface area contributed by atoms with Crippen LogP contribution in [-0.2, 0) is 4.84 Å². The smallest absolute Gasteiger partial charge is 0.171 e. The van der Waals surface area contributed by atoms with Gasteiger partial charge in [-0.15, -0.1) is 0 Å². The van der Waals surface area contributed by atoms with Crippen molar-refractivity contribution in [3.63, 3.8) is 0 Å². The monoisotopic (exact) mass is 195 g/mol. The Balaban J connectivity index is 2.00. The second kappa shape index (κ2) is 3.01. The van der Waals surface area contributed by atoms with Gasteiger partial charge in [0.2, 0.25) is 0 Å². The fourth-order valence-corrected chi connectivity index (χ4v) is 1.89. The number of benzene rings is 1. The molecule has 1 aliphatic rings. The first-order valence-corrected chi connectivity index (χ1v) is 5.09. The summed E-state index contributed by atoms with van der Waals surface area (Å²) in [5.41, 5.74) is 1.20. The van der Waals surface area contributed by atoms with Gasteiger partial charge in [0, 0.05) is 4.90 Å². The lowest BCUT2D eigenvalue weighted by Gasteiger charge is -2.00. The number of nitrogens with zero attached hydrogens (tertiary/aromatic N) is 1. The van der Waals surface area contributed by atoms with Crippen molar-refractivity contribution in [3.05, 3.63) is 29.8 Å². The van der Waals surface area contributed by atoms with Crippen LogP contribution in [0.4, 0.5) is 0 Å². The molecule has 1 unspecified atom stereocenters. The molecule has 1 aromatic rings. The van der Waals surface area contributed by atoms with Crippen molar-refractivity contribution >= 4 is 11.9 Å². The third kappa shape index (κ3) is 2.05. The molecule has 0 bridgehead atoms. The molecule has 0 spiro atoms. The van der Waals surface area contributed by atoms with E-state index in [1.165, 1.54) is 10.5 Å². The number of hydrogen-bond donors (Lipinski definition) is 0. The zero-order chi connectivity index (χ0) is 9.47. The van der Waals surface area contributed by atoms with Gasteiger partial charge in [0.15, 0.2) is 5.72 Å². The van der Waals surface area contributed by atoms with Crippen LogP contribution < -0.4 is 0 Å². The number of rotatable bonds is 2. The Bertz CT molecular complexity index is 307. The predicted molar refractivity (Wildman–Crippen MR) is 54.0 cm³/mol. The van der Waals surface area contributed by atoms with E-state index in [9.17, 15) is 0 Å². The zero-order valence-electron chi connectivity index (χ0n) is 8.07. The lowest BCUT2D eigenvalue weighted by atomic mass is 10.2. The Hall–Kier alpha value is -0.510. The Morgan fingerprint density at radius 1 is 1.23 bits per heavy atom. The normalized spacial score (nSPS) is 24.4. The molecule has 0 saturated carbocycles. The zero-order valence-corrected chi connectivity index (χ0v) is 8.89. The first kappa shape index (κ1) is 9.06. The average molecular weight is 195 g/mol. The fourth-order valence-electron chi connectivity index (χ4n) is 1.01. The average Bonchev–Trinajstić information content (AvgIpc) is 2.64. The van der Waals surface area contributed by atoms with Crippen LogP contribution in [0, 0.1) is 6.92 Å². The van der Waals surface area contributed by atoms with Crippen LogP contribution >= 0.6 is 11.9 Å². The molecule has 2 nitrogen and oxygen atoms in total. The minimum absolute atomic E-state index is 0.0877. The summed E-state index contributed by atoms with van der Waals surface area (Å²) in [5.74, 6) is 0. The lowest BCUT2D eigenvalue weighted by Crippen LogP contribution is -2.01. The summed E-state index contributed by atoms with van der Waals surface area (Å²) in [6, 6.07) is 8.44. The molecule has 1 atom stereocenters. The molecule has 3 heteroatoms. The molecule has 70 valence electrons. The summed E-state index contributed by atoms with van der Waals surface area (Å²) in [6.45, 7) is 6.19. The van der Waals surface area contributed by atoms with Gasteiger partial charge in [-0.1, -0.05) is 22.2 Å². The van der Waals surface area contributed by atoms with Crippen LogP contribution in [0.5, 0.6) is 0 Å². The van der Waals surface area contributed by atoms with Crippen LogP contribution in [0.2, 0.25) is 0 Å². The van der Waals surface area contributed by atoms with Gasteiger partial charge in [0.1, 0.15) is 0 Å². The number of hydroxylamine groups is 1. The molecule has 0 amide bonds. The van der Waals surface area contributed by atoms with Gasteiger partial charge in [-0.2, -0.15) is 0 Å². The predicted octanol–water partition coefficient (Wildman–Crippen LogP) is 2.99. The van der Waals surface area contributed by atoms with Crippen LogP contribution in [0.25, 0.3) is 0 Å².